The third kappa shape index (κ3) is 4.72. The van der Waals surface area contributed by atoms with E-state index in [1.54, 1.807) is 68.7 Å². The van der Waals surface area contributed by atoms with Crippen molar-refractivity contribution in [3.8, 4) is 5.75 Å². The van der Waals surface area contributed by atoms with Crippen molar-refractivity contribution in [2.45, 2.75) is 18.7 Å². The monoisotopic (exact) mass is 411 g/mol. The van der Waals surface area contributed by atoms with Crippen molar-refractivity contribution in [2.24, 2.45) is 0 Å². The number of hydrogen-bond acceptors (Lipinski definition) is 5. The number of hydrogen-bond donors (Lipinski definition) is 2. The molecule has 0 aliphatic rings. The number of anilines is 2. The number of rotatable bonds is 6. The van der Waals surface area contributed by atoms with Crippen molar-refractivity contribution < 1.29 is 17.9 Å². The number of carbonyl (C=O) groups is 1. The minimum Gasteiger partial charge on any atom is -0.496 e. The lowest BCUT2D eigenvalue weighted by Crippen LogP contribution is -2.16. The molecule has 2 aromatic carbocycles. The Bertz CT molecular complexity index is 1150. The fourth-order valence-electron chi connectivity index (χ4n) is 2.85. The minimum atomic E-state index is -3.84. The lowest BCUT2D eigenvalue weighted by molar-refractivity contribution is 0.102. The second-order valence-electron chi connectivity index (χ2n) is 6.46. The fraction of sp³-hybridized carbons (Fsp3) is 0.143. The second kappa shape index (κ2) is 8.32. The van der Waals surface area contributed by atoms with Crippen LogP contribution in [0.25, 0.3) is 0 Å². The standard InChI is InChI=1S/C21H21N3O4S/c1-14-12-20(15(2)11-19(14)28-3)29(26,27)24-18-6-4-5-16(13-18)21(25)23-17-7-9-22-10-8-17/h4-13,24H,1-3H3,(H,22,23,25). The number of carbonyl (C=O) groups excluding carboxylic acids is 1. The molecule has 0 saturated carbocycles. The van der Waals surface area contributed by atoms with E-state index in [0.29, 0.717) is 33.8 Å². The summed E-state index contributed by atoms with van der Waals surface area (Å²) in [6.45, 7) is 3.48. The fourth-order valence-corrected chi connectivity index (χ4v) is 4.21. The van der Waals surface area contributed by atoms with E-state index < -0.39 is 10.0 Å². The zero-order valence-electron chi connectivity index (χ0n) is 16.3. The Kier molecular flexibility index (Phi) is 5.84. The van der Waals surface area contributed by atoms with Crippen molar-refractivity contribution in [3.05, 3.63) is 77.6 Å². The van der Waals surface area contributed by atoms with Crippen LogP contribution in [0.15, 0.2) is 65.8 Å². The summed E-state index contributed by atoms with van der Waals surface area (Å²) in [5, 5.41) is 2.74. The van der Waals surface area contributed by atoms with Crippen LogP contribution in [0, 0.1) is 13.8 Å². The van der Waals surface area contributed by atoms with Crippen molar-refractivity contribution >= 4 is 27.3 Å². The summed E-state index contributed by atoms with van der Waals surface area (Å²) < 4.78 is 33.6. The van der Waals surface area contributed by atoms with Crippen LogP contribution in [0.5, 0.6) is 5.75 Å². The summed E-state index contributed by atoms with van der Waals surface area (Å²) in [7, 11) is -2.30. The number of aromatic nitrogens is 1. The molecular weight excluding hydrogens is 390 g/mol. The molecule has 1 aromatic heterocycles. The van der Waals surface area contributed by atoms with E-state index in [2.05, 4.69) is 15.0 Å². The minimum absolute atomic E-state index is 0.155. The van der Waals surface area contributed by atoms with E-state index in [4.69, 9.17) is 4.74 Å². The molecule has 29 heavy (non-hydrogen) atoms. The van der Waals surface area contributed by atoms with E-state index in [1.807, 2.05) is 0 Å². The normalized spacial score (nSPS) is 11.0. The van der Waals surface area contributed by atoms with Crippen molar-refractivity contribution in [3.63, 3.8) is 0 Å². The van der Waals surface area contributed by atoms with Crippen LogP contribution in [-0.2, 0) is 10.0 Å². The summed E-state index contributed by atoms with van der Waals surface area (Å²) >= 11 is 0. The zero-order chi connectivity index (χ0) is 21.0. The molecule has 0 atom stereocenters. The maximum Gasteiger partial charge on any atom is 0.262 e. The first-order valence-corrected chi connectivity index (χ1v) is 10.3. The Morgan fingerprint density at radius 3 is 2.38 bits per heavy atom. The van der Waals surface area contributed by atoms with Gasteiger partial charge < -0.3 is 10.1 Å². The van der Waals surface area contributed by atoms with Gasteiger partial charge in [0.1, 0.15) is 5.75 Å². The smallest absolute Gasteiger partial charge is 0.262 e. The number of sulfonamides is 1. The van der Waals surface area contributed by atoms with Gasteiger partial charge in [-0.25, -0.2) is 8.42 Å². The molecule has 0 bridgehead atoms. The highest BCUT2D eigenvalue weighted by atomic mass is 32.2. The molecule has 0 fully saturated rings. The van der Waals surface area contributed by atoms with Crippen molar-refractivity contribution in [2.75, 3.05) is 17.1 Å². The van der Waals surface area contributed by atoms with Crippen LogP contribution in [-0.4, -0.2) is 26.4 Å². The Morgan fingerprint density at radius 1 is 0.966 bits per heavy atom. The van der Waals surface area contributed by atoms with E-state index in [-0.39, 0.29) is 10.8 Å². The number of nitrogens with zero attached hydrogens (tertiary/aromatic N) is 1. The Hall–Kier alpha value is -3.39. The van der Waals surface area contributed by atoms with Crippen LogP contribution < -0.4 is 14.8 Å². The Labute approximate surface area is 169 Å². The zero-order valence-corrected chi connectivity index (χ0v) is 17.1. The van der Waals surface area contributed by atoms with Gasteiger partial charge >= 0.3 is 0 Å². The molecule has 0 unspecified atom stereocenters. The Morgan fingerprint density at radius 2 is 1.69 bits per heavy atom. The van der Waals surface area contributed by atoms with Gasteiger partial charge in [-0.3, -0.25) is 14.5 Å². The van der Waals surface area contributed by atoms with E-state index >= 15 is 0 Å². The molecule has 0 aliphatic carbocycles. The van der Waals surface area contributed by atoms with Crippen molar-refractivity contribution in [1.29, 1.82) is 0 Å². The predicted molar refractivity (Wildman–Crippen MR) is 112 cm³/mol. The van der Waals surface area contributed by atoms with Gasteiger partial charge in [0.15, 0.2) is 0 Å². The molecule has 0 spiro atoms. The molecular formula is C21H21N3O4S. The summed E-state index contributed by atoms with van der Waals surface area (Å²) in [6.07, 6.45) is 3.14. The Balaban J connectivity index is 1.84. The summed E-state index contributed by atoms with van der Waals surface area (Å²) in [4.78, 5) is 16.5. The molecule has 8 heteroatoms. The van der Waals surface area contributed by atoms with Crippen LogP contribution in [0.2, 0.25) is 0 Å². The van der Waals surface area contributed by atoms with Gasteiger partial charge in [0.05, 0.1) is 12.0 Å². The average molecular weight is 411 g/mol. The highest BCUT2D eigenvalue weighted by molar-refractivity contribution is 7.92. The maximum atomic E-state index is 12.9. The predicted octanol–water partition coefficient (Wildman–Crippen LogP) is 3.76. The van der Waals surface area contributed by atoms with E-state index in [0.717, 1.165) is 0 Å². The first kappa shape index (κ1) is 20.3. The van der Waals surface area contributed by atoms with Crippen LogP contribution in [0.4, 0.5) is 11.4 Å². The molecule has 150 valence electrons. The number of ether oxygens (including phenoxy) is 1. The number of pyridine rings is 1. The summed E-state index contributed by atoms with van der Waals surface area (Å²) in [5.41, 5.74) is 2.49. The molecule has 7 nitrogen and oxygen atoms in total. The van der Waals surface area contributed by atoms with Gasteiger partial charge in [-0.2, -0.15) is 0 Å². The molecule has 0 aliphatic heterocycles. The second-order valence-corrected chi connectivity index (χ2v) is 8.11. The van der Waals surface area contributed by atoms with E-state index in [9.17, 15) is 13.2 Å². The van der Waals surface area contributed by atoms with Crippen LogP contribution in [0.1, 0.15) is 21.5 Å². The highest BCUT2D eigenvalue weighted by Crippen LogP contribution is 2.27. The van der Waals surface area contributed by atoms with Crippen LogP contribution >= 0.6 is 0 Å². The van der Waals surface area contributed by atoms with Gasteiger partial charge in [-0.05, 0) is 67.4 Å². The number of aryl methyl sites for hydroxylation is 2. The van der Waals surface area contributed by atoms with E-state index in [1.165, 1.54) is 13.2 Å². The number of methoxy groups -OCH3 is 1. The molecule has 0 radical (unpaired) electrons. The van der Waals surface area contributed by atoms with Crippen LogP contribution in [0.3, 0.4) is 0 Å². The lowest BCUT2D eigenvalue weighted by atomic mass is 10.1. The highest BCUT2D eigenvalue weighted by Gasteiger charge is 2.19. The largest absolute Gasteiger partial charge is 0.496 e. The molecule has 1 amide bonds. The first-order chi connectivity index (χ1) is 13.8. The average Bonchev–Trinajstić information content (AvgIpc) is 2.70. The van der Waals surface area contributed by atoms with Gasteiger partial charge in [-0.1, -0.05) is 6.07 Å². The summed E-state index contributed by atoms with van der Waals surface area (Å²) in [5.74, 6) is 0.268. The topological polar surface area (TPSA) is 97.4 Å². The quantitative estimate of drug-likeness (QED) is 0.644. The molecule has 1 heterocycles. The third-order valence-corrected chi connectivity index (χ3v) is 5.82. The number of benzene rings is 2. The van der Waals surface area contributed by atoms with Gasteiger partial charge in [-0.15, -0.1) is 0 Å². The molecule has 0 saturated heterocycles. The van der Waals surface area contributed by atoms with Crippen molar-refractivity contribution in [1.82, 2.24) is 4.98 Å². The summed E-state index contributed by atoms with van der Waals surface area (Å²) in [6, 6.07) is 12.9. The number of amides is 1. The molecule has 3 rings (SSSR count). The lowest BCUT2D eigenvalue weighted by Gasteiger charge is -2.14. The number of nitrogens with one attached hydrogen (secondary N) is 2. The third-order valence-electron chi connectivity index (χ3n) is 4.30. The molecule has 2 N–H and O–H groups in total. The van der Waals surface area contributed by atoms with Gasteiger partial charge in [0.25, 0.3) is 15.9 Å². The van der Waals surface area contributed by atoms with Gasteiger partial charge in [0.2, 0.25) is 0 Å². The van der Waals surface area contributed by atoms with Gasteiger partial charge in [0, 0.05) is 29.3 Å². The maximum absolute atomic E-state index is 12.9. The SMILES string of the molecule is COc1cc(C)c(S(=O)(=O)Nc2cccc(C(=O)Nc3ccncc3)c2)cc1C. The first-order valence-electron chi connectivity index (χ1n) is 8.79. The molecule has 3 aromatic rings.